The average Bonchev–Trinajstić information content (AvgIpc) is 3.11. The number of nitrogens with zero attached hydrogens (tertiary/aromatic N) is 5. The number of halogens is 3. The van der Waals surface area contributed by atoms with Crippen LogP contribution in [0, 0.1) is 11.6 Å². The topological polar surface area (TPSA) is 94.9 Å². The molecule has 2 aromatic heterocycles. The number of benzene rings is 2. The third-order valence-corrected chi connectivity index (χ3v) is 5.79. The smallest absolute Gasteiger partial charge is 0.350 e. The summed E-state index contributed by atoms with van der Waals surface area (Å²) >= 11 is 6.16. The molecule has 0 saturated heterocycles. The third-order valence-electron chi connectivity index (χ3n) is 5.48. The lowest BCUT2D eigenvalue weighted by Crippen LogP contribution is -2.25. The van der Waals surface area contributed by atoms with Gasteiger partial charge in [0.1, 0.15) is 29.1 Å². The van der Waals surface area contributed by atoms with E-state index in [0.717, 1.165) is 16.8 Å². The van der Waals surface area contributed by atoms with E-state index in [2.05, 4.69) is 10.2 Å². The highest BCUT2D eigenvalue weighted by molar-refractivity contribution is 6.33. The van der Waals surface area contributed by atoms with Crippen molar-refractivity contribution >= 4 is 22.5 Å². The first-order valence-corrected chi connectivity index (χ1v) is 11.0. The molecule has 0 aliphatic rings. The highest BCUT2D eigenvalue weighted by Crippen LogP contribution is 2.30. The molecular weight excluding hydrogens is 468 g/mol. The molecule has 2 heterocycles. The molecule has 0 aliphatic carbocycles. The van der Waals surface area contributed by atoms with E-state index in [4.69, 9.17) is 11.6 Å². The number of aliphatic hydroxyl groups is 1. The fourth-order valence-electron chi connectivity index (χ4n) is 3.88. The Hall–Kier alpha value is -3.37. The zero-order chi connectivity index (χ0) is 24.9. The molecule has 0 spiro atoms. The van der Waals surface area contributed by atoms with Crippen LogP contribution in [0.1, 0.15) is 45.7 Å². The summed E-state index contributed by atoms with van der Waals surface area (Å²) in [6, 6.07) is 5.96. The molecule has 11 heteroatoms. The van der Waals surface area contributed by atoms with Gasteiger partial charge in [-0.1, -0.05) is 17.7 Å². The zero-order valence-corrected chi connectivity index (χ0v) is 19.6. The molecule has 0 radical (unpaired) electrons. The molecule has 1 atom stereocenters. The lowest BCUT2D eigenvalue weighted by Gasteiger charge is -2.17. The van der Waals surface area contributed by atoms with Crippen LogP contribution in [0.3, 0.4) is 0 Å². The van der Waals surface area contributed by atoms with E-state index in [1.165, 1.54) is 34.4 Å². The number of aromatic nitrogens is 5. The van der Waals surface area contributed by atoms with Crippen molar-refractivity contribution in [1.82, 2.24) is 24.1 Å². The predicted molar refractivity (Wildman–Crippen MR) is 124 cm³/mol. The van der Waals surface area contributed by atoms with Crippen LogP contribution in [0.15, 0.2) is 39.9 Å². The minimum atomic E-state index is -1.05. The van der Waals surface area contributed by atoms with E-state index < -0.39 is 28.9 Å². The highest BCUT2D eigenvalue weighted by atomic mass is 35.5. The maximum atomic E-state index is 15.3. The van der Waals surface area contributed by atoms with Gasteiger partial charge in [-0.05, 0) is 52.0 Å². The predicted octanol–water partition coefficient (Wildman–Crippen LogP) is 4.00. The van der Waals surface area contributed by atoms with Crippen LogP contribution in [0.4, 0.5) is 8.78 Å². The summed E-state index contributed by atoms with van der Waals surface area (Å²) in [5.74, 6) is -1.54. The second kappa shape index (κ2) is 8.77. The summed E-state index contributed by atoms with van der Waals surface area (Å²) < 4.78 is 33.4. The lowest BCUT2D eigenvalue weighted by atomic mass is 10.1. The maximum absolute atomic E-state index is 15.3. The molecular formula is C23H22ClF2N5O3. The van der Waals surface area contributed by atoms with Crippen LogP contribution < -0.4 is 11.1 Å². The van der Waals surface area contributed by atoms with E-state index in [-0.39, 0.29) is 51.3 Å². The van der Waals surface area contributed by atoms with Crippen LogP contribution in [0.5, 0.6) is 0 Å². The second-order valence-electron chi connectivity index (χ2n) is 8.11. The van der Waals surface area contributed by atoms with Crippen LogP contribution in [0.25, 0.3) is 27.8 Å². The molecule has 1 N–H and O–H groups in total. The molecule has 0 bridgehead atoms. The van der Waals surface area contributed by atoms with Gasteiger partial charge < -0.3 is 5.11 Å². The minimum absolute atomic E-state index is 0.00124. The van der Waals surface area contributed by atoms with Gasteiger partial charge in [0.25, 0.3) is 0 Å². The van der Waals surface area contributed by atoms with Crippen LogP contribution in [-0.4, -0.2) is 29.2 Å². The van der Waals surface area contributed by atoms with Gasteiger partial charge in [0.2, 0.25) is 5.43 Å². The molecule has 1 unspecified atom stereocenters. The van der Waals surface area contributed by atoms with Gasteiger partial charge in [-0.25, -0.2) is 13.6 Å². The maximum Gasteiger partial charge on any atom is 0.350 e. The SMILES string of the molecule is CCn1c(C(C)O)nn(-c2cc3c(cc2F)c(=O)c(-c2c(F)cccc2Cl)nn3C(C)C)c1=O. The van der Waals surface area contributed by atoms with Crippen molar-refractivity contribution < 1.29 is 13.9 Å². The summed E-state index contributed by atoms with van der Waals surface area (Å²) in [5, 5.41) is 18.4. The number of rotatable bonds is 5. The van der Waals surface area contributed by atoms with Crippen molar-refractivity contribution in [1.29, 1.82) is 0 Å². The van der Waals surface area contributed by atoms with E-state index in [0.29, 0.717) is 0 Å². The molecule has 4 aromatic rings. The Morgan fingerprint density at radius 2 is 1.79 bits per heavy atom. The number of fused-ring (bicyclic) bond motifs is 1. The summed E-state index contributed by atoms with van der Waals surface area (Å²) in [7, 11) is 0. The van der Waals surface area contributed by atoms with Gasteiger partial charge in [0, 0.05) is 12.6 Å². The molecule has 34 heavy (non-hydrogen) atoms. The highest BCUT2D eigenvalue weighted by Gasteiger charge is 2.24. The van der Waals surface area contributed by atoms with Crippen molar-refractivity contribution in [2.75, 3.05) is 0 Å². The van der Waals surface area contributed by atoms with Gasteiger partial charge in [0.15, 0.2) is 5.82 Å². The molecule has 0 amide bonds. The summed E-state index contributed by atoms with van der Waals surface area (Å²) in [5.41, 5.74) is -1.75. The number of hydrogen-bond acceptors (Lipinski definition) is 5. The molecule has 2 aromatic carbocycles. The van der Waals surface area contributed by atoms with Gasteiger partial charge in [-0.3, -0.25) is 14.0 Å². The van der Waals surface area contributed by atoms with Gasteiger partial charge in [-0.2, -0.15) is 9.78 Å². The zero-order valence-electron chi connectivity index (χ0n) is 18.9. The molecule has 0 saturated carbocycles. The van der Waals surface area contributed by atoms with E-state index >= 15 is 4.39 Å². The average molecular weight is 490 g/mol. The van der Waals surface area contributed by atoms with Gasteiger partial charge in [0.05, 0.1) is 21.5 Å². The second-order valence-corrected chi connectivity index (χ2v) is 8.51. The summed E-state index contributed by atoms with van der Waals surface area (Å²) in [4.78, 5) is 26.1. The number of aliphatic hydroxyl groups excluding tert-OH is 1. The minimum Gasteiger partial charge on any atom is -0.385 e. The van der Waals surface area contributed by atoms with Crippen molar-refractivity contribution in [2.45, 2.75) is 46.4 Å². The Morgan fingerprint density at radius 1 is 1.09 bits per heavy atom. The first-order valence-electron chi connectivity index (χ1n) is 10.6. The Morgan fingerprint density at radius 3 is 2.35 bits per heavy atom. The van der Waals surface area contributed by atoms with E-state index in [9.17, 15) is 19.1 Å². The number of hydrogen-bond donors (Lipinski definition) is 1. The Bertz CT molecular complexity index is 1520. The van der Waals surface area contributed by atoms with Crippen molar-refractivity contribution in [3.05, 3.63) is 73.5 Å². The molecule has 0 fully saturated rings. The summed E-state index contributed by atoms with van der Waals surface area (Å²) in [6.07, 6.45) is -1.05. The standard InChI is InChI=1S/C23H22ClF2N5O3/c1-5-29-22(12(4)32)28-31(23(29)34)18-10-17-13(9-16(18)26)21(33)20(27-30(17)11(2)3)19-14(24)7-6-8-15(19)25/h6-12,32H,5H2,1-4H3. The Labute approximate surface area is 197 Å². The monoisotopic (exact) mass is 489 g/mol. The van der Waals surface area contributed by atoms with E-state index in [1.807, 2.05) is 0 Å². The van der Waals surface area contributed by atoms with Gasteiger partial charge >= 0.3 is 5.69 Å². The quantitative estimate of drug-likeness (QED) is 0.457. The molecule has 8 nitrogen and oxygen atoms in total. The van der Waals surface area contributed by atoms with Crippen molar-refractivity contribution in [3.8, 4) is 16.9 Å². The van der Waals surface area contributed by atoms with Crippen molar-refractivity contribution in [2.24, 2.45) is 0 Å². The van der Waals surface area contributed by atoms with Crippen LogP contribution in [0.2, 0.25) is 5.02 Å². The molecule has 4 rings (SSSR count). The Kier molecular flexibility index (Phi) is 6.13. The normalized spacial score (nSPS) is 12.6. The Balaban J connectivity index is 2.07. The molecule has 178 valence electrons. The van der Waals surface area contributed by atoms with Gasteiger partial charge in [-0.15, -0.1) is 5.10 Å². The van der Waals surface area contributed by atoms with E-state index in [1.54, 1.807) is 20.8 Å². The first-order chi connectivity index (χ1) is 16.1. The molecule has 0 aliphatic heterocycles. The summed E-state index contributed by atoms with van der Waals surface area (Å²) in [6.45, 7) is 6.95. The third kappa shape index (κ3) is 3.72. The van der Waals surface area contributed by atoms with Crippen LogP contribution >= 0.6 is 11.6 Å². The fraction of sp³-hybridized carbons (Fsp3) is 0.304. The lowest BCUT2D eigenvalue weighted by molar-refractivity contribution is 0.183. The largest absolute Gasteiger partial charge is 0.385 e. The van der Waals surface area contributed by atoms with Crippen molar-refractivity contribution in [3.63, 3.8) is 0 Å². The van der Waals surface area contributed by atoms with Crippen LogP contribution in [-0.2, 0) is 6.54 Å². The first kappa shape index (κ1) is 23.8. The fourth-order valence-corrected chi connectivity index (χ4v) is 4.13.